The van der Waals surface area contributed by atoms with E-state index in [0.29, 0.717) is 23.8 Å². The summed E-state index contributed by atoms with van der Waals surface area (Å²) in [4.78, 5) is 25.8. The first kappa shape index (κ1) is 31.3. The van der Waals surface area contributed by atoms with Gasteiger partial charge in [0.25, 0.3) is 0 Å². The molecule has 7 nitrogen and oxygen atoms in total. The Morgan fingerprint density at radius 2 is 1.67 bits per heavy atom. The van der Waals surface area contributed by atoms with Crippen molar-refractivity contribution in [3.05, 3.63) is 65.2 Å². The van der Waals surface area contributed by atoms with Crippen molar-refractivity contribution in [3.8, 4) is 5.75 Å². The van der Waals surface area contributed by atoms with Crippen LogP contribution in [0.4, 0.5) is 13.2 Å². The third kappa shape index (κ3) is 6.55. The Kier molecular flexibility index (Phi) is 9.66. The summed E-state index contributed by atoms with van der Waals surface area (Å²) < 4.78 is 37.3. The number of benzene rings is 2. The summed E-state index contributed by atoms with van der Waals surface area (Å²) in [5.41, 5.74) is 4.02. The number of hydrogen-bond donors (Lipinski definition) is 2. The number of carbonyl (C=O) groups is 2. The van der Waals surface area contributed by atoms with E-state index in [-0.39, 0.29) is 11.3 Å². The second kappa shape index (κ2) is 13.3. The van der Waals surface area contributed by atoms with Crippen molar-refractivity contribution in [2.45, 2.75) is 75.0 Å². The molecule has 1 amide bonds. The molecule has 234 valence electrons. The molecule has 10 heteroatoms. The molecule has 3 fully saturated rings. The first-order chi connectivity index (χ1) is 20.7. The van der Waals surface area contributed by atoms with Crippen molar-refractivity contribution in [2.75, 3.05) is 33.3 Å². The topological polar surface area (TPSA) is 103 Å². The first-order valence-electron chi connectivity index (χ1n) is 15.6. The number of halogens is 3. The van der Waals surface area contributed by atoms with Crippen LogP contribution in [0.2, 0.25) is 0 Å². The lowest BCUT2D eigenvalue weighted by Crippen LogP contribution is -2.91. The largest absolute Gasteiger partial charge is 0.542 e. The number of amides is 1. The van der Waals surface area contributed by atoms with Crippen LogP contribution in [0, 0.1) is 11.8 Å². The van der Waals surface area contributed by atoms with E-state index in [2.05, 4.69) is 64.1 Å². The molecule has 1 spiro atoms. The number of methoxy groups -OCH3 is 1. The van der Waals surface area contributed by atoms with Gasteiger partial charge in [0.05, 0.1) is 32.3 Å². The van der Waals surface area contributed by atoms with E-state index in [0.717, 1.165) is 51.3 Å². The number of carboxylic acid groups (broad SMARTS) is 1. The van der Waals surface area contributed by atoms with Crippen molar-refractivity contribution < 1.29 is 43.2 Å². The molecular formula is C33H43F3N3O4+. The van der Waals surface area contributed by atoms with Gasteiger partial charge < -0.3 is 30.2 Å². The number of aliphatic carboxylic acids is 1. The summed E-state index contributed by atoms with van der Waals surface area (Å²) in [6.45, 7) is 4.73. The number of quaternary nitrogens is 2. The van der Waals surface area contributed by atoms with Crippen LogP contribution in [-0.2, 0) is 21.5 Å². The molecule has 6 rings (SSSR count). The van der Waals surface area contributed by atoms with Crippen LogP contribution in [0.3, 0.4) is 0 Å². The third-order valence-electron chi connectivity index (χ3n) is 10.2. The van der Waals surface area contributed by atoms with Gasteiger partial charge in [-0.15, -0.1) is 0 Å². The van der Waals surface area contributed by atoms with E-state index in [4.69, 9.17) is 14.6 Å². The third-order valence-corrected chi connectivity index (χ3v) is 10.2. The van der Waals surface area contributed by atoms with Crippen LogP contribution < -0.4 is 20.5 Å². The quantitative estimate of drug-likeness (QED) is 0.558. The van der Waals surface area contributed by atoms with Crippen LogP contribution >= 0.6 is 0 Å². The van der Waals surface area contributed by atoms with Gasteiger partial charge in [0, 0.05) is 12.6 Å². The molecular weight excluding hydrogens is 559 g/mol. The van der Waals surface area contributed by atoms with E-state index >= 15 is 0 Å². The number of alkyl halides is 3. The van der Waals surface area contributed by atoms with E-state index in [1.165, 1.54) is 48.8 Å². The number of ether oxygens (including phenoxy) is 1. The maximum Gasteiger partial charge on any atom is 0.430 e. The number of carboxylic acids is 1. The van der Waals surface area contributed by atoms with Crippen LogP contribution in [0.15, 0.2) is 48.5 Å². The van der Waals surface area contributed by atoms with E-state index in [1.54, 1.807) is 7.11 Å². The highest BCUT2D eigenvalue weighted by Gasteiger charge is 2.57. The normalized spacial score (nSPS) is 27.6. The average molecular weight is 603 g/mol. The Morgan fingerprint density at radius 3 is 2.35 bits per heavy atom. The van der Waals surface area contributed by atoms with Crippen LogP contribution in [0.25, 0.3) is 0 Å². The summed E-state index contributed by atoms with van der Waals surface area (Å²) in [5.74, 6) is -0.341. The van der Waals surface area contributed by atoms with Crippen molar-refractivity contribution >= 4 is 11.9 Å². The molecule has 1 aliphatic carbocycles. The van der Waals surface area contributed by atoms with Crippen molar-refractivity contribution in [1.29, 1.82) is 0 Å². The molecule has 2 aromatic carbocycles. The number of rotatable bonds is 4. The SMILES string of the molecule is COc1cccc2c1C[NH2+]C[C@]21C[NH2+]CC1C(=O)N1CC[C@@H](c2ccccc2)C[C@H]1C1CCCCC1.O=C([O-])C(F)(F)F. The Labute approximate surface area is 251 Å². The molecule has 2 saturated heterocycles. The van der Waals surface area contributed by atoms with Crippen molar-refractivity contribution in [2.24, 2.45) is 11.8 Å². The standard InChI is InChI=1S/C31H41N3O2.C2HF3O2/c1-36-29-14-8-13-26-25(29)18-32-20-31(26)21-33-19-27(31)30(35)34-16-15-24(22-9-4-2-5-10-22)17-28(34)23-11-6-3-7-12-23;3-2(4,5)1(6)7/h2,4-5,8-10,13-14,23-24,27-28,32-33H,3,6-7,11-12,15-21H2,1H3;(H,6,7)/p+1/t24-,27?,28+,31+;/m1./s1. The summed E-state index contributed by atoms with van der Waals surface area (Å²) in [6.07, 6.45) is 3.58. The van der Waals surface area contributed by atoms with Gasteiger partial charge in [0.15, 0.2) is 0 Å². The number of piperidine rings is 1. The minimum absolute atomic E-state index is 0.0410. The van der Waals surface area contributed by atoms with E-state index in [1.807, 2.05) is 0 Å². The zero-order valence-electron chi connectivity index (χ0n) is 24.8. The number of hydrogen-bond acceptors (Lipinski definition) is 4. The number of nitrogens with zero attached hydrogens (tertiary/aromatic N) is 1. The first-order valence-corrected chi connectivity index (χ1v) is 15.6. The van der Waals surface area contributed by atoms with Gasteiger partial charge in [-0.1, -0.05) is 61.7 Å². The fraction of sp³-hybridized carbons (Fsp3) is 0.576. The highest BCUT2D eigenvalue weighted by molar-refractivity contribution is 5.82. The van der Waals surface area contributed by atoms with Gasteiger partial charge in [-0.2, -0.15) is 13.2 Å². The van der Waals surface area contributed by atoms with Gasteiger partial charge in [0.2, 0.25) is 5.91 Å². The molecule has 4 atom stereocenters. The minimum Gasteiger partial charge on any atom is -0.542 e. The molecule has 4 aliphatic rings. The van der Waals surface area contributed by atoms with Crippen molar-refractivity contribution in [1.82, 2.24) is 4.90 Å². The summed E-state index contributed by atoms with van der Waals surface area (Å²) in [6, 6.07) is 17.9. The molecule has 3 aliphatic heterocycles. The fourth-order valence-corrected chi connectivity index (χ4v) is 8.22. The van der Waals surface area contributed by atoms with Gasteiger partial charge in [-0.05, 0) is 54.7 Å². The van der Waals surface area contributed by atoms with Crippen LogP contribution in [0.1, 0.15) is 67.6 Å². The molecule has 0 aromatic heterocycles. The Hall–Kier alpha value is -3.11. The van der Waals surface area contributed by atoms with Gasteiger partial charge >= 0.3 is 6.18 Å². The number of nitrogens with two attached hydrogens (primary N) is 2. The summed E-state index contributed by atoms with van der Waals surface area (Å²) in [5, 5.41) is 13.6. The second-order valence-electron chi connectivity index (χ2n) is 12.5. The number of carbonyl (C=O) groups excluding carboxylic acids is 2. The maximum absolute atomic E-state index is 14.6. The molecule has 1 unspecified atom stereocenters. The van der Waals surface area contributed by atoms with E-state index in [9.17, 15) is 18.0 Å². The predicted octanol–water partition coefficient (Wildman–Crippen LogP) is 1.86. The predicted molar refractivity (Wildman–Crippen MR) is 152 cm³/mol. The van der Waals surface area contributed by atoms with Crippen LogP contribution in [-0.4, -0.2) is 62.3 Å². The summed E-state index contributed by atoms with van der Waals surface area (Å²) in [7, 11) is 1.77. The fourth-order valence-electron chi connectivity index (χ4n) is 8.22. The Balaban J connectivity index is 0.000000472. The molecule has 3 heterocycles. The summed E-state index contributed by atoms with van der Waals surface area (Å²) >= 11 is 0. The highest BCUT2D eigenvalue weighted by atomic mass is 19.4. The smallest absolute Gasteiger partial charge is 0.430 e. The van der Waals surface area contributed by atoms with Gasteiger partial charge in [0.1, 0.15) is 29.6 Å². The Bertz CT molecular complexity index is 1270. The van der Waals surface area contributed by atoms with Gasteiger partial charge in [-0.25, -0.2) is 0 Å². The number of fused-ring (bicyclic) bond motifs is 2. The molecule has 43 heavy (non-hydrogen) atoms. The lowest BCUT2D eigenvalue weighted by molar-refractivity contribution is -0.691. The molecule has 2 aromatic rings. The van der Waals surface area contributed by atoms with E-state index < -0.39 is 12.1 Å². The zero-order chi connectivity index (χ0) is 30.6. The second-order valence-corrected chi connectivity index (χ2v) is 12.5. The maximum atomic E-state index is 14.6. The molecule has 0 radical (unpaired) electrons. The van der Waals surface area contributed by atoms with Crippen molar-refractivity contribution in [3.63, 3.8) is 0 Å². The minimum atomic E-state index is -5.19. The highest BCUT2D eigenvalue weighted by Crippen LogP contribution is 2.43. The molecule has 4 N–H and O–H groups in total. The lowest BCUT2D eigenvalue weighted by atomic mass is 9.67. The van der Waals surface area contributed by atoms with Crippen LogP contribution in [0.5, 0.6) is 5.75 Å². The number of likely N-dealkylation sites (tertiary alicyclic amines) is 1. The monoisotopic (exact) mass is 602 g/mol. The van der Waals surface area contributed by atoms with Gasteiger partial charge in [-0.3, -0.25) is 4.79 Å². The lowest BCUT2D eigenvalue weighted by Gasteiger charge is -2.47. The average Bonchev–Trinajstić information content (AvgIpc) is 3.44. The molecule has 0 bridgehead atoms. The zero-order valence-corrected chi connectivity index (χ0v) is 24.8. The molecule has 1 saturated carbocycles. The Morgan fingerprint density at radius 1 is 0.977 bits per heavy atom.